The Morgan fingerprint density at radius 3 is 2.38 bits per heavy atom. The third-order valence-corrected chi connectivity index (χ3v) is 2.56. The number of halogens is 1. The largest absolute Gasteiger partial charge is 0.450 e. The molecule has 2 rings (SSSR count). The number of nitro benzene ring substituents is 2. The van der Waals surface area contributed by atoms with Crippen molar-refractivity contribution in [1.82, 2.24) is 0 Å². The molecular weight excluding hydrogens is 285 g/mol. The van der Waals surface area contributed by atoms with Gasteiger partial charge in [-0.3, -0.25) is 20.2 Å². The molecule has 0 aliphatic carbocycles. The zero-order valence-corrected chi connectivity index (χ0v) is 10.4. The van der Waals surface area contributed by atoms with Crippen LogP contribution in [0.25, 0.3) is 0 Å². The van der Waals surface area contributed by atoms with Crippen LogP contribution in [-0.2, 0) is 0 Å². The minimum atomic E-state index is -1.11. The van der Waals surface area contributed by atoms with Gasteiger partial charge in [-0.15, -0.1) is 0 Å². The summed E-state index contributed by atoms with van der Waals surface area (Å²) in [4.78, 5) is 19.8. The molecule has 2 N–H and O–H groups in total. The van der Waals surface area contributed by atoms with Gasteiger partial charge in [-0.05, 0) is 18.2 Å². The first-order valence-electron chi connectivity index (χ1n) is 5.55. The predicted octanol–water partition coefficient (Wildman–Crippen LogP) is 3.02. The number of benzene rings is 2. The molecule has 21 heavy (non-hydrogen) atoms. The normalized spacial score (nSPS) is 10.1. The van der Waals surface area contributed by atoms with Crippen LogP contribution in [0.5, 0.6) is 11.5 Å². The standard InChI is InChI=1S/C12H8FN3O5/c13-8-6-7(4-5-10(8)15(17)18)21-11-3-1-2-9(14)12(11)16(19)20/h1-6H,14H2. The number of hydrogen-bond acceptors (Lipinski definition) is 6. The molecule has 0 spiro atoms. The van der Waals surface area contributed by atoms with Gasteiger partial charge in [0, 0.05) is 12.1 Å². The van der Waals surface area contributed by atoms with Gasteiger partial charge in [0.25, 0.3) is 0 Å². The van der Waals surface area contributed by atoms with Gasteiger partial charge in [0.2, 0.25) is 11.6 Å². The number of nitro groups is 2. The van der Waals surface area contributed by atoms with E-state index in [0.717, 1.165) is 18.2 Å². The summed E-state index contributed by atoms with van der Waals surface area (Å²) >= 11 is 0. The highest BCUT2D eigenvalue weighted by Gasteiger charge is 2.21. The molecule has 0 radical (unpaired) electrons. The SMILES string of the molecule is Nc1cccc(Oc2ccc([N+](=O)[O-])c(F)c2)c1[N+](=O)[O-]. The van der Waals surface area contributed by atoms with Gasteiger partial charge >= 0.3 is 11.4 Å². The van der Waals surface area contributed by atoms with Crippen molar-refractivity contribution < 1.29 is 19.0 Å². The summed E-state index contributed by atoms with van der Waals surface area (Å²) in [6, 6.07) is 6.84. The minimum Gasteiger partial charge on any atom is -0.450 e. The average molecular weight is 293 g/mol. The molecule has 8 nitrogen and oxygen atoms in total. The maximum atomic E-state index is 13.5. The van der Waals surface area contributed by atoms with Crippen molar-refractivity contribution in [2.45, 2.75) is 0 Å². The minimum absolute atomic E-state index is 0.111. The highest BCUT2D eigenvalue weighted by molar-refractivity contribution is 5.66. The van der Waals surface area contributed by atoms with E-state index in [1.807, 2.05) is 0 Å². The van der Waals surface area contributed by atoms with E-state index in [1.54, 1.807) is 0 Å². The van der Waals surface area contributed by atoms with Gasteiger partial charge in [0.15, 0.2) is 0 Å². The molecule has 0 saturated carbocycles. The van der Waals surface area contributed by atoms with Gasteiger partial charge in [-0.2, -0.15) is 4.39 Å². The molecule has 0 aliphatic rings. The molecule has 0 bridgehead atoms. The summed E-state index contributed by atoms with van der Waals surface area (Å²) in [6.45, 7) is 0. The van der Waals surface area contributed by atoms with Crippen LogP contribution in [0.4, 0.5) is 21.5 Å². The summed E-state index contributed by atoms with van der Waals surface area (Å²) in [7, 11) is 0. The van der Waals surface area contributed by atoms with Gasteiger partial charge in [0.1, 0.15) is 11.4 Å². The van der Waals surface area contributed by atoms with E-state index in [0.29, 0.717) is 0 Å². The number of nitrogens with two attached hydrogens (primary N) is 1. The molecule has 0 fully saturated rings. The highest BCUT2D eigenvalue weighted by atomic mass is 19.1. The lowest BCUT2D eigenvalue weighted by Gasteiger charge is -2.07. The molecule has 0 heterocycles. The lowest BCUT2D eigenvalue weighted by atomic mass is 10.2. The van der Waals surface area contributed by atoms with E-state index >= 15 is 0 Å². The smallest absolute Gasteiger partial charge is 0.334 e. The quantitative estimate of drug-likeness (QED) is 0.525. The number of para-hydroxylation sites is 1. The Morgan fingerprint density at radius 1 is 1.10 bits per heavy atom. The van der Waals surface area contributed by atoms with Crippen molar-refractivity contribution in [3.05, 3.63) is 62.4 Å². The lowest BCUT2D eigenvalue weighted by Crippen LogP contribution is -1.99. The Balaban J connectivity index is 2.39. The molecule has 2 aromatic rings. The maximum absolute atomic E-state index is 13.5. The Kier molecular flexibility index (Phi) is 3.65. The second kappa shape index (κ2) is 5.41. The molecule has 108 valence electrons. The van der Waals surface area contributed by atoms with Crippen LogP contribution < -0.4 is 10.5 Å². The molecule has 9 heteroatoms. The van der Waals surface area contributed by atoms with E-state index < -0.39 is 27.0 Å². The molecule has 0 amide bonds. The van der Waals surface area contributed by atoms with Gasteiger partial charge < -0.3 is 10.5 Å². The Bertz CT molecular complexity index is 735. The third-order valence-electron chi connectivity index (χ3n) is 2.56. The summed E-state index contributed by atoms with van der Waals surface area (Å²) in [5.74, 6) is -1.41. The fourth-order valence-electron chi connectivity index (χ4n) is 1.64. The molecule has 0 unspecified atom stereocenters. The predicted molar refractivity (Wildman–Crippen MR) is 70.6 cm³/mol. The number of nitrogens with zero attached hydrogens (tertiary/aromatic N) is 2. The maximum Gasteiger partial charge on any atom is 0.334 e. The second-order valence-electron chi connectivity index (χ2n) is 3.92. The first-order valence-corrected chi connectivity index (χ1v) is 5.55. The Labute approximate surface area is 116 Å². The molecular formula is C12H8FN3O5. The summed E-state index contributed by atoms with van der Waals surface area (Å²) in [5.41, 5.74) is 4.19. The Hall–Kier alpha value is -3.23. The molecule has 0 aromatic heterocycles. The van der Waals surface area contributed by atoms with Crippen LogP contribution in [0.15, 0.2) is 36.4 Å². The summed E-state index contributed by atoms with van der Waals surface area (Å²) in [5, 5.41) is 21.4. The summed E-state index contributed by atoms with van der Waals surface area (Å²) < 4.78 is 18.6. The van der Waals surface area contributed by atoms with Crippen molar-refractivity contribution in [2.75, 3.05) is 5.73 Å². The molecule has 2 aromatic carbocycles. The number of rotatable bonds is 4. The monoisotopic (exact) mass is 293 g/mol. The third kappa shape index (κ3) is 2.86. The molecule has 0 saturated heterocycles. The van der Waals surface area contributed by atoms with E-state index in [2.05, 4.69) is 0 Å². The molecule has 0 aliphatic heterocycles. The van der Waals surface area contributed by atoms with Crippen LogP contribution in [0.1, 0.15) is 0 Å². The van der Waals surface area contributed by atoms with Crippen LogP contribution in [-0.4, -0.2) is 9.85 Å². The van der Waals surface area contributed by atoms with Crippen molar-refractivity contribution >= 4 is 17.1 Å². The van der Waals surface area contributed by atoms with Crippen LogP contribution in [0.2, 0.25) is 0 Å². The van der Waals surface area contributed by atoms with Crippen molar-refractivity contribution in [3.8, 4) is 11.5 Å². The first kappa shape index (κ1) is 14.2. The van der Waals surface area contributed by atoms with Crippen LogP contribution in [0, 0.1) is 26.0 Å². The van der Waals surface area contributed by atoms with Crippen molar-refractivity contribution in [3.63, 3.8) is 0 Å². The van der Waals surface area contributed by atoms with E-state index in [-0.39, 0.29) is 17.2 Å². The van der Waals surface area contributed by atoms with Gasteiger partial charge in [-0.25, -0.2) is 0 Å². The second-order valence-corrected chi connectivity index (χ2v) is 3.92. The number of anilines is 1. The van der Waals surface area contributed by atoms with Crippen molar-refractivity contribution in [2.24, 2.45) is 0 Å². The van der Waals surface area contributed by atoms with Crippen LogP contribution >= 0.6 is 0 Å². The zero-order valence-electron chi connectivity index (χ0n) is 10.4. The average Bonchev–Trinajstić information content (AvgIpc) is 2.37. The number of hydrogen-bond donors (Lipinski definition) is 1. The van der Waals surface area contributed by atoms with Crippen molar-refractivity contribution in [1.29, 1.82) is 0 Å². The highest BCUT2D eigenvalue weighted by Crippen LogP contribution is 2.36. The summed E-state index contributed by atoms with van der Waals surface area (Å²) in [6.07, 6.45) is 0. The Morgan fingerprint density at radius 2 is 1.81 bits per heavy atom. The fourth-order valence-corrected chi connectivity index (χ4v) is 1.64. The van der Waals surface area contributed by atoms with E-state index in [9.17, 15) is 24.6 Å². The van der Waals surface area contributed by atoms with Crippen LogP contribution in [0.3, 0.4) is 0 Å². The topological polar surface area (TPSA) is 122 Å². The number of nitrogen functional groups attached to an aromatic ring is 1. The van der Waals surface area contributed by atoms with E-state index in [1.165, 1.54) is 18.2 Å². The van der Waals surface area contributed by atoms with E-state index in [4.69, 9.17) is 10.5 Å². The van der Waals surface area contributed by atoms with Gasteiger partial charge in [0.05, 0.1) is 9.85 Å². The zero-order chi connectivity index (χ0) is 15.6. The van der Waals surface area contributed by atoms with Gasteiger partial charge in [-0.1, -0.05) is 6.07 Å². The lowest BCUT2D eigenvalue weighted by molar-refractivity contribution is -0.387. The fraction of sp³-hybridized carbons (Fsp3) is 0. The molecule has 0 atom stereocenters. The number of ether oxygens (including phenoxy) is 1. The first-order chi connectivity index (χ1) is 9.90.